The Hall–Kier alpha value is -0.120. The Bertz CT molecular complexity index is 174. The van der Waals surface area contributed by atoms with Crippen molar-refractivity contribution in [3.63, 3.8) is 0 Å². The number of aliphatic hydroxyl groups is 2. The molecule has 1 heterocycles. The quantitative estimate of drug-likeness (QED) is 0.620. The van der Waals surface area contributed by atoms with Gasteiger partial charge in [-0.2, -0.15) is 0 Å². The Morgan fingerprint density at radius 1 is 1.00 bits per heavy atom. The maximum Gasteiger partial charge on any atom is 0.0667 e. The first kappa shape index (κ1) is 9.44. The average Bonchev–Trinajstić information content (AvgIpc) is 2.52. The van der Waals surface area contributed by atoms with Crippen LogP contribution in [0.1, 0.15) is 32.1 Å². The molecule has 13 heavy (non-hydrogen) atoms. The van der Waals surface area contributed by atoms with Gasteiger partial charge in [-0.15, -0.1) is 0 Å². The minimum atomic E-state index is -0.133. The van der Waals surface area contributed by atoms with Gasteiger partial charge in [0, 0.05) is 12.6 Å². The molecule has 1 saturated carbocycles. The first-order valence-electron chi connectivity index (χ1n) is 5.36. The number of rotatable bonds is 1. The SMILES string of the molecule is OC1CCC(N2CCCC(O)C2)C1. The van der Waals surface area contributed by atoms with Gasteiger partial charge in [0.2, 0.25) is 0 Å². The van der Waals surface area contributed by atoms with E-state index in [1.807, 2.05) is 0 Å². The zero-order valence-electron chi connectivity index (χ0n) is 8.02. The van der Waals surface area contributed by atoms with Crippen LogP contribution >= 0.6 is 0 Å². The normalized spacial score (nSPS) is 42.5. The molecule has 3 heteroatoms. The lowest BCUT2D eigenvalue weighted by atomic mass is 10.1. The van der Waals surface area contributed by atoms with E-state index >= 15 is 0 Å². The Kier molecular flexibility index (Phi) is 2.86. The van der Waals surface area contributed by atoms with Crippen molar-refractivity contribution in [3.8, 4) is 0 Å². The van der Waals surface area contributed by atoms with E-state index in [0.29, 0.717) is 6.04 Å². The first-order valence-corrected chi connectivity index (χ1v) is 5.36. The van der Waals surface area contributed by atoms with Crippen LogP contribution in [0, 0.1) is 0 Å². The van der Waals surface area contributed by atoms with Crippen LogP contribution in [0.3, 0.4) is 0 Å². The molecule has 0 bridgehead atoms. The monoisotopic (exact) mass is 185 g/mol. The van der Waals surface area contributed by atoms with E-state index in [4.69, 9.17) is 0 Å². The van der Waals surface area contributed by atoms with E-state index in [-0.39, 0.29) is 12.2 Å². The molecule has 2 fully saturated rings. The standard InChI is InChI=1S/C10H19NO2/c12-9-4-3-8(6-9)11-5-1-2-10(13)7-11/h8-10,12-13H,1-7H2. The summed E-state index contributed by atoms with van der Waals surface area (Å²) in [7, 11) is 0. The van der Waals surface area contributed by atoms with Gasteiger partial charge in [0.1, 0.15) is 0 Å². The van der Waals surface area contributed by atoms with Crippen LogP contribution in [-0.4, -0.2) is 46.5 Å². The van der Waals surface area contributed by atoms with Gasteiger partial charge < -0.3 is 10.2 Å². The van der Waals surface area contributed by atoms with Gasteiger partial charge in [-0.3, -0.25) is 4.90 Å². The summed E-state index contributed by atoms with van der Waals surface area (Å²) in [4.78, 5) is 2.35. The molecule has 0 spiro atoms. The molecular formula is C10H19NO2. The topological polar surface area (TPSA) is 43.7 Å². The van der Waals surface area contributed by atoms with E-state index in [0.717, 1.165) is 45.2 Å². The van der Waals surface area contributed by atoms with E-state index in [1.165, 1.54) is 0 Å². The summed E-state index contributed by atoms with van der Waals surface area (Å²) in [6, 6.07) is 0.532. The number of β-amino-alcohol motifs (C(OH)–C–C–N with tert-alkyl or cyclic N) is 1. The van der Waals surface area contributed by atoms with Gasteiger partial charge in [0.25, 0.3) is 0 Å². The maximum atomic E-state index is 9.50. The first-order chi connectivity index (χ1) is 6.25. The Labute approximate surface area is 79.4 Å². The second kappa shape index (κ2) is 3.95. The smallest absolute Gasteiger partial charge is 0.0667 e. The van der Waals surface area contributed by atoms with E-state index in [1.54, 1.807) is 0 Å². The van der Waals surface area contributed by atoms with Crippen molar-refractivity contribution in [2.24, 2.45) is 0 Å². The van der Waals surface area contributed by atoms with Crippen LogP contribution < -0.4 is 0 Å². The molecule has 1 aliphatic carbocycles. The molecular weight excluding hydrogens is 166 g/mol. The fourth-order valence-corrected chi connectivity index (χ4v) is 2.58. The molecule has 0 aromatic heterocycles. The lowest BCUT2D eigenvalue weighted by molar-refractivity contribution is 0.0438. The van der Waals surface area contributed by atoms with Gasteiger partial charge in [0.05, 0.1) is 12.2 Å². The minimum Gasteiger partial charge on any atom is -0.393 e. The number of nitrogens with zero attached hydrogens (tertiary/aromatic N) is 1. The van der Waals surface area contributed by atoms with E-state index in [9.17, 15) is 10.2 Å². The van der Waals surface area contributed by atoms with Crippen molar-refractivity contribution in [1.29, 1.82) is 0 Å². The Morgan fingerprint density at radius 3 is 2.46 bits per heavy atom. The summed E-state index contributed by atoms with van der Waals surface area (Å²) < 4.78 is 0. The summed E-state index contributed by atoms with van der Waals surface area (Å²) in [5, 5.41) is 18.9. The molecule has 1 aliphatic heterocycles. The molecule has 0 amide bonds. The van der Waals surface area contributed by atoms with Gasteiger partial charge >= 0.3 is 0 Å². The fourth-order valence-electron chi connectivity index (χ4n) is 2.58. The number of aliphatic hydroxyl groups excluding tert-OH is 2. The highest BCUT2D eigenvalue weighted by atomic mass is 16.3. The molecule has 3 unspecified atom stereocenters. The molecule has 2 aliphatic rings. The predicted octanol–water partition coefficient (Wildman–Crippen LogP) is 0.356. The Morgan fingerprint density at radius 2 is 1.85 bits per heavy atom. The third-order valence-electron chi connectivity index (χ3n) is 3.32. The van der Waals surface area contributed by atoms with Crippen LogP contribution in [0.5, 0.6) is 0 Å². The number of hydrogen-bond donors (Lipinski definition) is 2. The van der Waals surface area contributed by atoms with Crippen LogP contribution in [0.2, 0.25) is 0 Å². The molecule has 0 aromatic rings. The zero-order valence-corrected chi connectivity index (χ0v) is 8.02. The van der Waals surface area contributed by atoms with Crippen molar-refractivity contribution in [2.75, 3.05) is 13.1 Å². The van der Waals surface area contributed by atoms with Gasteiger partial charge in [-0.25, -0.2) is 0 Å². The van der Waals surface area contributed by atoms with Crippen molar-refractivity contribution in [2.45, 2.75) is 50.4 Å². The van der Waals surface area contributed by atoms with Gasteiger partial charge in [-0.05, 0) is 38.6 Å². The molecule has 1 saturated heterocycles. The molecule has 0 aromatic carbocycles. The molecule has 2 rings (SSSR count). The van der Waals surface area contributed by atoms with Crippen LogP contribution in [0.15, 0.2) is 0 Å². The summed E-state index contributed by atoms with van der Waals surface area (Å²) in [6.07, 6.45) is 4.78. The number of likely N-dealkylation sites (tertiary alicyclic amines) is 1. The highest BCUT2D eigenvalue weighted by Gasteiger charge is 2.30. The van der Waals surface area contributed by atoms with Crippen molar-refractivity contribution in [3.05, 3.63) is 0 Å². The minimum absolute atomic E-state index is 0.0935. The van der Waals surface area contributed by atoms with E-state index < -0.39 is 0 Å². The fraction of sp³-hybridized carbons (Fsp3) is 1.00. The van der Waals surface area contributed by atoms with Crippen molar-refractivity contribution in [1.82, 2.24) is 4.90 Å². The third kappa shape index (κ3) is 2.22. The molecule has 76 valence electrons. The number of hydrogen-bond acceptors (Lipinski definition) is 3. The Balaban J connectivity index is 1.85. The second-order valence-electron chi connectivity index (χ2n) is 4.41. The van der Waals surface area contributed by atoms with Crippen LogP contribution in [-0.2, 0) is 0 Å². The summed E-state index contributed by atoms with van der Waals surface area (Å²) >= 11 is 0. The maximum absolute atomic E-state index is 9.50. The molecule has 0 radical (unpaired) electrons. The van der Waals surface area contributed by atoms with Crippen molar-refractivity contribution < 1.29 is 10.2 Å². The molecule has 3 atom stereocenters. The second-order valence-corrected chi connectivity index (χ2v) is 4.41. The third-order valence-corrected chi connectivity index (χ3v) is 3.32. The molecule has 3 nitrogen and oxygen atoms in total. The van der Waals surface area contributed by atoms with Crippen LogP contribution in [0.25, 0.3) is 0 Å². The average molecular weight is 185 g/mol. The lowest BCUT2D eigenvalue weighted by Crippen LogP contribution is -2.43. The predicted molar refractivity (Wildman–Crippen MR) is 50.5 cm³/mol. The zero-order chi connectivity index (χ0) is 9.26. The van der Waals surface area contributed by atoms with E-state index in [2.05, 4.69) is 4.90 Å². The van der Waals surface area contributed by atoms with Gasteiger partial charge in [-0.1, -0.05) is 0 Å². The lowest BCUT2D eigenvalue weighted by Gasteiger charge is -2.34. The summed E-state index contributed by atoms with van der Waals surface area (Å²) in [5.41, 5.74) is 0. The summed E-state index contributed by atoms with van der Waals surface area (Å²) in [6.45, 7) is 1.92. The summed E-state index contributed by atoms with van der Waals surface area (Å²) in [5.74, 6) is 0. The molecule has 2 N–H and O–H groups in total. The highest BCUT2D eigenvalue weighted by molar-refractivity contribution is 4.85. The largest absolute Gasteiger partial charge is 0.393 e. The van der Waals surface area contributed by atoms with Crippen molar-refractivity contribution >= 4 is 0 Å². The number of piperidine rings is 1. The van der Waals surface area contributed by atoms with Crippen LogP contribution in [0.4, 0.5) is 0 Å². The van der Waals surface area contributed by atoms with Gasteiger partial charge in [0.15, 0.2) is 0 Å². The highest BCUT2D eigenvalue weighted by Crippen LogP contribution is 2.26.